The maximum atomic E-state index is 12.5. The molecule has 0 radical (unpaired) electrons. The molecule has 8 heteroatoms. The van der Waals surface area contributed by atoms with Crippen LogP contribution in [0.3, 0.4) is 0 Å². The lowest BCUT2D eigenvalue weighted by atomic mass is 9.99. The third-order valence-electron chi connectivity index (χ3n) is 5.80. The number of rotatable bonds is 6. The third-order valence-corrected chi connectivity index (χ3v) is 5.80. The number of hydrogen-bond acceptors (Lipinski definition) is 6. The number of benzene rings is 1. The molecule has 1 amide bonds. The highest BCUT2D eigenvalue weighted by Gasteiger charge is 2.21. The van der Waals surface area contributed by atoms with Crippen molar-refractivity contribution in [1.29, 1.82) is 0 Å². The van der Waals surface area contributed by atoms with Gasteiger partial charge in [-0.15, -0.1) is 0 Å². The van der Waals surface area contributed by atoms with Crippen LogP contribution in [0.2, 0.25) is 0 Å². The predicted octanol–water partition coefficient (Wildman–Crippen LogP) is 2.71. The van der Waals surface area contributed by atoms with Crippen molar-refractivity contribution in [3.05, 3.63) is 47.9 Å². The van der Waals surface area contributed by atoms with Gasteiger partial charge in [-0.25, -0.2) is 4.98 Å². The first-order chi connectivity index (χ1) is 14.5. The largest absolute Gasteiger partial charge is 0.354 e. The molecule has 2 aromatic heterocycles. The van der Waals surface area contributed by atoms with Crippen molar-refractivity contribution in [1.82, 2.24) is 24.5 Å². The number of anilines is 2. The number of aryl methyl sites for hydroxylation is 1. The van der Waals surface area contributed by atoms with Crippen LogP contribution in [0.25, 0.3) is 5.78 Å². The van der Waals surface area contributed by atoms with Crippen molar-refractivity contribution in [2.24, 2.45) is 0 Å². The van der Waals surface area contributed by atoms with Crippen LogP contribution in [0.1, 0.15) is 37.4 Å². The standard InChI is InChI=1S/C22H29N7O/c1-4-16(2)18-5-7-19(8-6-18)26-20(30)14-27-9-11-28(12-10-27)21-13-17(3)25-22-23-15-24-29(21)22/h5-8,13,15-16H,4,9-12,14H2,1-3H3,(H,26,30). The molecule has 4 rings (SSSR count). The Morgan fingerprint density at radius 3 is 2.60 bits per heavy atom. The number of nitrogens with one attached hydrogen (secondary N) is 1. The fraction of sp³-hybridized carbons (Fsp3) is 0.455. The molecule has 0 saturated carbocycles. The molecule has 1 saturated heterocycles. The highest BCUT2D eigenvalue weighted by molar-refractivity contribution is 5.92. The zero-order chi connectivity index (χ0) is 21.1. The van der Waals surface area contributed by atoms with Crippen LogP contribution in [0.4, 0.5) is 11.5 Å². The molecule has 30 heavy (non-hydrogen) atoms. The highest BCUT2D eigenvalue weighted by Crippen LogP contribution is 2.21. The van der Waals surface area contributed by atoms with E-state index in [9.17, 15) is 4.79 Å². The normalized spacial score (nSPS) is 16.0. The SMILES string of the molecule is CCC(C)c1ccc(NC(=O)CN2CCN(c3cc(C)nc4ncnn34)CC2)cc1. The number of carbonyl (C=O) groups excluding carboxylic acids is 1. The van der Waals surface area contributed by atoms with Crippen molar-refractivity contribution < 1.29 is 4.79 Å². The quantitative estimate of drug-likeness (QED) is 0.677. The van der Waals surface area contributed by atoms with Crippen LogP contribution in [0.15, 0.2) is 36.7 Å². The second-order valence-electron chi connectivity index (χ2n) is 7.97. The van der Waals surface area contributed by atoms with E-state index in [1.54, 1.807) is 4.52 Å². The first-order valence-electron chi connectivity index (χ1n) is 10.6. The Hall–Kier alpha value is -3.00. The van der Waals surface area contributed by atoms with Gasteiger partial charge in [-0.2, -0.15) is 14.6 Å². The average Bonchev–Trinajstić information content (AvgIpc) is 3.22. The number of hydrogen-bond donors (Lipinski definition) is 1. The van der Waals surface area contributed by atoms with Gasteiger partial charge < -0.3 is 10.2 Å². The van der Waals surface area contributed by atoms with E-state index in [2.05, 4.69) is 56.2 Å². The molecule has 1 fully saturated rings. The lowest BCUT2D eigenvalue weighted by Crippen LogP contribution is -2.49. The topological polar surface area (TPSA) is 78.7 Å². The second kappa shape index (κ2) is 8.79. The molecule has 1 aliphatic heterocycles. The summed E-state index contributed by atoms with van der Waals surface area (Å²) in [4.78, 5) is 25.6. The van der Waals surface area contributed by atoms with Crippen LogP contribution in [0.5, 0.6) is 0 Å². The van der Waals surface area contributed by atoms with Crippen LogP contribution < -0.4 is 10.2 Å². The molecule has 1 atom stereocenters. The van der Waals surface area contributed by atoms with E-state index in [1.165, 1.54) is 11.9 Å². The van der Waals surface area contributed by atoms with Crippen LogP contribution in [-0.4, -0.2) is 63.1 Å². The van der Waals surface area contributed by atoms with Gasteiger partial charge in [-0.1, -0.05) is 26.0 Å². The maximum absolute atomic E-state index is 12.5. The molecule has 0 aliphatic carbocycles. The van der Waals surface area contributed by atoms with Crippen LogP contribution >= 0.6 is 0 Å². The molecular formula is C22H29N7O. The van der Waals surface area contributed by atoms with Gasteiger partial charge in [-0.3, -0.25) is 9.69 Å². The predicted molar refractivity (Wildman–Crippen MR) is 118 cm³/mol. The van der Waals surface area contributed by atoms with E-state index < -0.39 is 0 Å². The summed E-state index contributed by atoms with van der Waals surface area (Å²) in [5.41, 5.74) is 3.08. The fourth-order valence-corrected chi connectivity index (χ4v) is 3.81. The number of nitrogens with zero attached hydrogens (tertiary/aromatic N) is 6. The summed E-state index contributed by atoms with van der Waals surface area (Å²) < 4.78 is 1.78. The van der Waals surface area contributed by atoms with Crippen LogP contribution in [-0.2, 0) is 4.79 Å². The second-order valence-corrected chi connectivity index (χ2v) is 7.97. The van der Waals surface area contributed by atoms with Gasteiger partial charge in [0.2, 0.25) is 5.91 Å². The van der Waals surface area contributed by atoms with Crippen molar-refractivity contribution in [2.75, 3.05) is 42.9 Å². The number of fused-ring (bicyclic) bond motifs is 1. The van der Waals surface area contributed by atoms with E-state index >= 15 is 0 Å². The summed E-state index contributed by atoms with van der Waals surface area (Å²) in [6.45, 7) is 10.1. The summed E-state index contributed by atoms with van der Waals surface area (Å²) in [5.74, 6) is 2.18. The van der Waals surface area contributed by atoms with Crippen molar-refractivity contribution in [2.45, 2.75) is 33.1 Å². The smallest absolute Gasteiger partial charge is 0.254 e. The first-order valence-corrected chi connectivity index (χ1v) is 10.6. The zero-order valence-corrected chi connectivity index (χ0v) is 17.9. The van der Waals surface area contributed by atoms with Gasteiger partial charge in [-0.05, 0) is 37.0 Å². The lowest BCUT2D eigenvalue weighted by molar-refractivity contribution is -0.117. The molecule has 3 heterocycles. The fourth-order valence-electron chi connectivity index (χ4n) is 3.81. The number of amides is 1. The minimum atomic E-state index is 0.0261. The Bertz CT molecular complexity index is 1010. The molecule has 1 N–H and O–H groups in total. The number of piperazine rings is 1. The van der Waals surface area contributed by atoms with Crippen molar-refractivity contribution in [3.63, 3.8) is 0 Å². The Labute approximate surface area is 176 Å². The molecule has 8 nitrogen and oxygen atoms in total. The van der Waals surface area contributed by atoms with E-state index in [1.807, 2.05) is 25.1 Å². The van der Waals surface area contributed by atoms with E-state index in [4.69, 9.17) is 0 Å². The Morgan fingerprint density at radius 1 is 1.17 bits per heavy atom. The van der Waals surface area contributed by atoms with Gasteiger partial charge >= 0.3 is 0 Å². The average molecular weight is 408 g/mol. The third kappa shape index (κ3) is 4.43. The Kier molecular flexibility index (Phi) is 5.94. The lowest BCUT2D eigenvalue weighted by Gasteiger charge is -2.35. The Morgan fingerprint density at radius 2 is 1.90 bits per heavy atom. The summed E-state index contributed by atoms with van der Waals surface area (Å²) in [7, 11) is 0. The van der Waals surface area contributed by atoms with Gasteiger partial charge in [0.25, 0.3) is 5.78 Å². The maximum Gasteiger partial charge on any atom is 0.254 e. The molecule has 0 spiro atoms. The van der Waals surface area contributed by atoms with Gasteiger partial charge in [0.15, 0.2) is 0 Å². The van der Waals surface area contributed by atoms with Gasteiger partial charge in [0.05, 0.1) is 6.54 Å². The monoisotopic (exact) mass is 407 g/mol. The summed E-state index contributed by atoms with van der Waals surface area (Å²) in [6, 6.07) is 10.2. The zero-order valence-electron chi connectivity index (χ0n) is 17.9. The summed E-state index contributed by atoms with van der Waals surface area (Å²) in [5, 5.41) is 7.31. The minimum Gasteiger partial charge on any atom is -0.354 e. The molecule has 1 aliphatic rings. The molecule has 158 valence electrons. The van der Waals surface area contributed by atoms with Gasteiger partial charge in [0.1, 0.15) is 12.1 Å². The summed E-state index contributed by atoms with van der Waals surface area (Å²) >= 11 is 0. The molecule has 1 unspecified atom stereocenters. The number of carbonyl (C=O) groups is 1. The first kappa shape index (κ1) is 20.3. The van der Waals surface area contributed by atoms with E-state index in [0.29, 0.717) is 18.2 Å². The van der Waals surface area contributed by atoms with Gasteiger partial charge in [0, 0.05) is 43.6 Å². The minimum absolute atomic E-state index is 0.0261. The Balaban J connectivity index is 1.31. The summed E-state index contributed by atoms with van der Waals surface area (Å²) in [6.07, 6.45) is 2.64. The molecule has 1 aromatic carbocycles. The molecular weight excluding hydrogens is 378 g/mol. The number of aromatic nitrogens is 4. The van der Waals surface area contributed by atoms with E-state index in [-0.39, 0.29) is 5.91 Å². The van der Waals surface area contributed by atoms with Crippen LogP contribution in [0, 0.1) is 6.92 Å². The van der Waals surface area contributed by atoms with E-state index in [0.717, 1.165) is 49.8 Å². The highest BCUT2D eigenvalue weighted by atomic mass is 16.2. The molecule has 0 bridgehead atoms. The van der Waals surface area contributed by atoms with Crippen molar-refractivity contribution in [3.8, 4) is 0 Å². The van der Waals surface area contributed by atoms with Crippen molar-refractivity contribution >= 4 is 23.2 Å². The molecule has 3 aromatic rings.